The highest BCUT2D eigenvalue weighted by Gasteiger charge is 2.12. The van der Waals surface area contributed by atoms with E-state index in [1.54, 1.807) is 12.3 Å². The van der Waals surface area contributed by atoms with Gasteiger partial charge in [-0.15, -0.1) is 11.3 Å². The van der Waals surface area contributed by atoms with Crippen LogP contribution < -0.4 is 5.32 Å². The van der Waals surface area contributed by atoms with Crippen LogP contribution in [0, 0.1) is 11.8 Å². The SMILES string of the molecule is O=C(Nc1cn[nH]c1)c1sccc1C#CCCO. The maximum Gasteiger partial charge on any atom is 0.267 e. The Morgan fingerprint density at radius 1 is 1.61 bits per heavy atom. The number of hydrogen-bond acceptors (Lipinski definition) is 4. The van der Waals surface area contributed by atoms with Crippen LogP contribution in [0.2, 0.25) is 0 Å². The summed E-state index contributed by atoms with van der Waals surface area (Å²) in [4.78, 5) is 12.5. The van der Waals surface area contributed by atoms with Crippen LogP contribution in [-0.2, 0) is 0 Å². The summed E-state index contributed by atoms with van der Waals surface area (Å²) in [6.07, 6.45) is 3.53. The molecule has 5 nitrogen and oxygen atoms in total. The molecule has 6 heteroatoms. The van der Waals surface area contributed by atoms with E-state index in [2.05, 4.69) is 27.4 Å². The molecule has 0 radical (unpaired) electrons. The van der Waals surface area contributed by atoms with Crippen molar-refractivity contribution in [1.29, 1.82) is 0 Å². The monoisotopic (exact) mass is 261 g/mol. The molecule has 0 saturated carbocycles. The maximum atomic E-state index is 12.0. The largest absolute Gasteiger partial charge is 0.395 e. The average Bonchev–Trinajstić information content (AvgIpc) is 3.00. The van der Waals surface area contributed by atoms with Gasteiger partial charge in [0, 0.05) is 18.2 Å². The minimum atomic E-state index is -0.209. The molecule has 2 rings (SSSR count). The van der Waals surface area contributed by atoms with Gasteiger partial charge in [-0.3, -0.25) is 9.89 Å². The number of H-pyrrole nitrogens is 1. The molecule has 92 valence electrons. The van der Waals surface area contributed by atoms with E-state index in [9.17, 15) is 4.79 Å². The quantitative estimate of drug-likeness (QED) is 0.732. The number of carbonyl (C=O) groups excluding carboxylic acids is 1. The van der Waals surface area contributed by atoms with Crippen LogP contribution >= 0.6 is 11.3 Å². The summed E-state index contributed by atoms with van der Waals surface area (Å²) in [5.74, 6) is 5.46. The topological polar surface area (TPSA) is 78.0 Å². The highest BCUT2D eigenvalue weighted by atomic mass is 32.1. The normalized spacial score (nSPS) is 9.61. The number of amides is 1. The van der Waals surface area contributed by atoms with Gasteiger partial charge < -0.3 is 10.4 Å². The van der Waals surface area contributed by atoms with E-state index >= 15 is 0 Å². The molecular formula is C12H11N3O2S. The van der Waals surface area contributed by atoms with E-state index in [1.165, 1.54) is 17.5 Å². The molecule has 0 spiro atoms. The highest BCUT2D eigenvalue weighted by Crippen LogP contribution is 2.17. The van der Waals surface area contributed by atoms with E-state index in [1.807, 2.05) is 5.38 Å². The molecule has 0 unspecified atom stereocenters. The van der Waals surface area contributed by atoms with Crippen LogP contribution in [-0.4, -0.2) is 27.8 Å². The van der Waals surface area contributed by atoms with Crippen molar-refractivity contribution in [3.63, 3.8) is 0 Å². The van der Waals surface area contributed by atoms with Crippen molar-refractivity contribution in [2.24, 2.45) is 0 Å². The summed E-state index contributed by atoms with van der Waals surface area (Å²) >= 11 is 1.33. The lowest BCUT2D eigenvalue weighted by atomic mass is 10.2. The molecule has 0 saturated heterocycles. The van der Waals surface area contributed by atoms with Crippen LogP contribution in [0.3, 0.4) is 0 Å². The highest BCUT2D eigenvalue weighted by molar-refractivity contribution is 7.12. The molecule has 2 heterocycles. The first-order valence-corrected chi connectivity index (χ1v) is 6.16. The summed E-state index contributed by atoms with van der Waals surface area (Å²) in [5.41, 5.74) is 1.29. The Bertz CT molecular complexity index is 578. The molecule has 0 aromatic carbocycles. The van der Waals surface area contributed by atoms with Gasteiger partial charge in [0.2, 0.25) is 0 Å². The number of carbonyl (C=O) groups is 1. The Morgan fingerprint density at radius 2 is 2.50 bits per heavy atom. The smallest absolute Gasteiger partial charge is 0.267 e. The van der Waals surface area contributed by atoms with Gasteiger partial charge in [0.25, 0.3) is 5.91 Å². The molecule has 0 fully saturated rings. The number of aromatic nitrogens is 2. The molecule has 0 aliphatic carbocycles. The first kappa shape index (κ1) is 12.4. The summed E-state index contributed by atoms with van der Waals surface area (Å²) in [5, 5.41) is 19.6. The number of nitrogens with one attached hydrogen (secondary N) is 2. The van der Waals surface area contributed by atoms with Crippen LogP contribution in [0.25, 0.3) is 0 Å². The average molecular weight is 261 g/mol. The Hall–Kier alpha value is -2.10. The lowest BCUT2D eigenvalue weighted by Gasteiger charge is -1.99. The van der Waals surface area contributed by atoms with Crippen molar-refractivity contribution in [2.45, 2.75) is 6.42 Å². The van der Waals surface area contributed by atoms with Crippen molar-refractivity contribution in [1.82, 2.24) is 10.2 Å². The second-order valence-corrected chi connectivity index (χ2v) is 4.30. The van der Waals surface area contributed by atoms with Crippen LogP contribution in [0.4, 0.5) is 5.69 Å². The number of anilines is 1. The molecule has 3 N–H and O–H groups in total. The Kier molecular flexibility index (Phi) is 4.12. The van der Waals surface area contributed by atoms with Gasteiger partial charge in [0.15, 0.2) is 0 Å². The molecule has 0 atom stereocenters. The fourth-order valence-electron chi connectivity index (χ4n) is 1.30. The summed E-state index contributed by atoms with van der Waals surface area (Å²) in [6.45, 7) is 0.0215. The Balaban J connectivity index is 2.12. The molecule has 1 amide bonds. The van der Waals surface area contributed by atoms with Gasteiger partial charge in [-0.2, -0.15) is 5.10 Å². The van der Waals surface area contributed by atoms with Gasteiger partial charge in [-0.1, -0.05) is 11.8 Å². The predicted molar refractivity (Wildman–Crippen MR) is 69.4 cm³/mol. The van der Waals surface area contributed by atoms with Crippen LogP contribution in [0.5, 0.6) is 0 Å². The number of rotatable bonds is 3. The molecule has 2 aromatic heterocycles. The molecule has 18 heavy (non-hydrogen) atoms. The third-order valence-corrected chi connectivity index (χ3v) is 3.00. The van der Waals surface area contributed by atoms with Crippen molar-refractivity contribution in [3.8, 4) is 11.8 Å². The van der Waals surface area contributed by atoms with Gasteiger partial charge in [0.1, 0.15) is 4.88 Å². The molecule has 2 aromatic rings. The fraction of sp³-hybridized carbons (Fsp3) is 0.167. The van der Waals surface area contributed by atoms with Crippen molar-refractivity contribution in [3.05, 3.63) is 34.3 Å². The van der Waals surface area contributed by atoms with Crippen molar-refractivity contribution in [2.75, 3.05) is 11.9 Å². The van der Waals surface area contributed by atoms with Crippen molar-refractivity contribution < 1.29 is 9.90 Å². The lowest BCUT2D eigenvalue weighted by molar-refractivity contribution is 0.103. The predicted octanol–water partition coefficient (Wildman–Crippen LogP) is 1.46. The van der Waals surface area contributed by atoms with E-state index in [4.69, 9.17) is 5.11 Å². The Morgan fingerprint density at radius 3 is 3.22 bits per heavy atom. The zero-order valence-electron chi connectivity index (χ0n) is 9.43. The number of aromatic amines is 1. The van der Waals surface area contributed by atoms with E-state index in [-0.39, 0.29) is 12.5 Å². The minimum Gasteiger partial charge on any atom is -0.395 e. The van der Waals surface area contributed by atoms with E-state index in [0.29, 0.717) is 22.5 Å². The summed E-state index contributed by atoms with van der Waals surface area (Å²) in [6, 6.07) is 1.79. The van der Waals surface area contributed by atoms with E-state index in [0.717, 1.165) is 0 Å². The first-order chi connectivity index (χ1) is 8.81. The van der Waals surface area contributed by atoms with Gasteiger partial charge >= 0.3 is 0 Å². The van der Waals surface area contributed by atoms with Gasteiger partial charge in [-0.05, 0) is 11.4 Å². The van der Waals surface area contributed by atoms with E-state index < -0.39 is 0 Å². The van der Waals surface area contributed by atoms with Crippen LogP contribution in [0.1, 0.15) is 21.7 Å². The maximum absolute atomic E-state index is 12.0. The second-order valence-electron chi connectivity index (χ2n) is 3.38. The standard InChI is InChI=1S/C12H11N3O2S/c16-5-2-1-3-9-4-6-18-11(9)12(17)15-10-7-13-14-8-10/h4,6-8,16H,2,5H2,(H,13,14)(H,15,17). The Labute approximate surface area is 108 Å². The summed E-state index contributed by atoms with van der Waals surface area (Å²) in [7, 11) is 0. The second kappa shape index (κ2) is 6.00. The first-order valence-electron chi connectivity index (χ1n) is 5.28. The lowest BCUT2D eigenvalue weighted by Crippen LogP contribution is -2.10. The fourth-order valence-corrected chi connectivity index (χ4v) is 2.05. The molecule has 0 bridgehead atoms. The minimum absolute atomic E-state index is 0.0215. The third kappa shape index (κ3) is 2.97. The third-order valence-electron chi connectivity index (χ3n) is 2.09. The van der Waals surface area contributed by atoms with Gasteiger partial charge in [-0.25, -0.2) is 0 Å². The van der Waals surface area contributed by atoms with Gasteiger partial charge in [0.05, 0.1) is 18.5 Å². The summed E-state index contributed by atoms with van der Waals surface area (Å²) < 4.78 is 0. The number of hydrogen-bond donors (Lipinski definition) is 3. The number of aliphatic hydroxyl groups is 1. The number of thiophene rings is 1. The zero-order valence-corrected chi connectivity index (χ0v) is 10.3. The zero-order chi connectivity index (χ0) is 12.8. The number of aliphatic hydroxyl groups excluding tert-OH is 1. The number of nitrogens with zero attached hydrogens (tertiary/aromatic N) is 1. The molecular weight excluding hydrogens is 250 g/mol. The molecule has 0 aliphatic rings. The van der Waals surface area contributed by atoms with Crippen molar-refractivity contribution >= 4 is 22.9 Å². The molecule has 0 aliphatic heterocycles. The van der Waals surface area contributed by atoms with Crippen LogP contribution in [0.15, 0.2) is 23.8 Å².